The lowest BCUT2D eigenvalue weighted by atomic mass is 10.0. The molecule has 1 unspecified atom stereocenters. The van der Waals surface area contributed by atoms with Crippen LogP contribution in [0.2, 0.25) is 0 Å². The van der Waals surface area contributed by atoms with Crippen LogP contribution in [0.4, 0.5) is 5.69 Å². The second kappa shape index (κ2) is 10.8. The predicted molar refractivity (Wildman–Crippen MR) is 114 cm³/mol. The van der Waals surface area contributed by atoms with Crippen molar-refractivity contribution in [2.75, 3.05) is 25.1 Å². The molecule has 0 bridgehead atoms. The van der Waals surface area contributed by atoms with Gasteiger partial charge in [-0.05, 0) is 25.0 Å². The molecule has 2 aliphatic rings. The lowest BCUT2D eigenvalue weighted by Gasteiger charge is -2.27. The molecule has 1 atom stereocenters. The standard InChI is InChI=1S/C22H25N3O8/c26-13(6-9-18(28)29)3-2-11-33-12-10-23-15-5-1-4-14-19(15)22(32)25(21(14)31)16-7-8-17(27)24-20(16)30/h1,4-5,16,23H,2-3,6-12H2,(H,28,29)(H,24,27,30). The third kappa shape index (κ3) is 5.80. The number of amides is 4. The largest absolute Gasteiger partial charge is 0.481 e. The van der Waals surface area contributed by atoms with Gasteiger partial charge in [0, 0.05) is 38.1 Å². The molecule has 176 valence electrons. The number of carboxylic acid groups (broad SMARTS) is 1. The maximum atomic E-state index is 13.0. The van der Waals surface area contributed by atoms with Crippen molar-refractivity contribution in [2.45, 2.75) is 44.6 Å². The normalized spacial score (nSPS) is 17.7. The molecule has 3 rings (SSSR count). The van der Waals surface area contributed by atoms with E-state index in [-0.39, 0.29) is 55.6 Å². The lowest BCUT2D eigenvalue weighted by molar-refractivity contribution is -0.138. The molecule has 0 spiro atoms. The molecular weight excluding hydrogens is 434 g/mol. The number of nitrogens with zero attached hydrogens (tertiary/aromatic N) is 1. The fourth-order valence-electron chi connectivity index (χ4n) is 3.76. The molecule has 0 saturated carbocycles. The van der Waals surface area contributed by atoms with Gasteiger partial charge in [0.15, 0.2) is 0 Å². The molecule has 1 aromatic rings. The Kier molecular flexibility index (Phi) is 7.88. The topological polar surface area (TPSA) is 159 Å². The molecule has 0 aliphatic carbocycles. The number of fused-ring (bicyclic) bond motifs is 1. The molecular formula is C22H25N3O8. The van der Waals surface area contributed by atoms with Gasteiger partial charge in [-0.1, -0.05) is 6.07 Å². The van der Waals surface area contributed by atoms with E-state index >= 15 is 0 Å². The Morgan fingerprint density at radius 3 is 2.61 bits per heavy atom. The first kappa shape index (κ1) is 24.1. The molecule has 11 heteroatoms. The maximum Gasteiger partial charge on any atom is 0.303 e. The van der Waals surface area contributed by atoms with Crippen LogP contribution in [-0.2, 0) is 23.9 Å². The first-order valence-electron chi connectivity index (χ1n) is 10.7. The number of nitrogens with one attached hydrogen (secondary N) is 2. The molecule has 0 radical (unpaired) electrons. The van der Waals surface area contributed by atoms with Crippen molar-refractivity contribution in [3.8, 4) is 0 Å². The van der Waals surface area contributed by atoms with Crippen LogP contribution in [0.3, 0.4) is 0 Å². The van der Waals surface area contributed by atoms with Crippen LogP contribution in [0.1, 0.15) is 59.2 Å². The quantitative estimate of drug-likeness (QED) is 0.302. The number of hydrogen-bond acceptors (Lipinski definition) is 8. The molecule has 4 amide bonds. The number of carbonyl (C=O) groups is 6. The van der Waals surface area contributed by atoms with Gasteiger partial charge in [0.1, 0.15) is 11.8 Å². The van der Waals surface area contributed by atoms with Gasteiger partial charge >= 0.3 is 5.97 Å². The fourth-order valence-corrected chi connectivity index (χ4v) is 3.76. The second-order valence-corrected chi connectivity index (χ2v) is 7.75. The number of rotatable bonds is 12. The van der Waals surface area contributed by atoms with Gasteiger partial charge in [-0.3, -0.25) is 39.0 Å². The molecule has 2 heterocycles. The van der Waals surface area contributed by atoms with Crippen LogP contribution in [0.5, 0.6) is 0 Å². The summed E-state index contributed by atoms with van der Waals surface area (Å²) in [6, 6.07) is 3.78. The maximum absolute atomic E-state index is 13.0. The first-order chi connectivity index (χ1) is 15.8. The predicted octanol–water partition coefficient (Wildman–Crippen LogP) is 0.730. The Labute approximate surface area is 189 Å². The minimum atomic E-state index is -1.02. The van der Waals surface area contributed by atoms with Crippen molar-refractivity contribution in [3.63, 3.8) is 0 Å². The molecule has 1 saturated heterocycles. The van der Waals surface area contributed by atoms with E-state index in [0.29, 0.717) is 25.3 Å². The van der Waals surface area contributed by atoms with Crippen LogP contribution in [0.25, 0.3) is 0 Å². The number of hydrogen-bond donors (Lipinski definition) is 3. The number of piperidine rings is 1. The highest BCUT2D eigenvalue weighted by Crippen LogP contribution is 2.32. The van der Waals surface area contributed by atoms with E-state index in [1.807, 2.05) is 0 Å². The van der Waals surface area contributed by atoms with Crippen LogP contribution in [0.15, 0.2) is 18.2 Å². The molecule has 0 aromatic heterocycles. The average molecular weight is 459 g/mol. The van der Waals surface area contributed by atoms with E-state index in [4.69, 9.17) is 9.84 Å². The third-order valence-corrected chi connectivity index (χ3v) is 5.39. The smallest absolute Gasteiger partial charge is 0.303 e. The summed E-state index contributed by atoms with van der Waals surface area (Å²) in [6.07, 6.45) is 0.710. The minimum absolute atomic E-state index is 0.0125. The SMILES string of the molecule is O=C(O)CCC(=O)CCCOCCNc1cccc2c1C(=O)N(C1CCC(=O)NC1=O)C2=O. The zero-order chi connectivity index (χ0) is 24.0. The number of carboxylic acids is 1. The first-order valence-corrected chi connectivity index (χ1v) is 10.7. The monoisotopic (exact) mass is 459 g/mol. The molecule has 1 aromatic carbocycles. The van der Waals surface area contributed by atoms with Gasteiger partial charge in [-0.15, -0.1) is 0 Å². The van der Waals surface area contributed by atoms with Crippen molar-refractivity contribution in [2.24, 2.45) is 0 Å². The van der Waals surface area contributed by atoms with Crippen LogP contribution in [-0.4, -0.2) is 71.2 Å². The zero-order valence-electron chi connectivity index (χ0n) is 17.9. The van der Waals surface area contributed by atoms with Crippen LogP contribution >= 0.6 is 0 Å². The third-order valence-electron chi connectivity index (χ3n) is 5.39. The van der Waals surface area contributed by atoms with Crippen molar-refractivity contribution >= 4 is 41.1 Å². The number of imide groups is 2. The highest BCUT2D eigenvalue weighted by molar-refractivity contribution is 6.25. The van der Waals surface area contributed by atoms with Crippen molar-refractivity contribution in [1.29, 1.82) is 0 Å². The van der Waals surface area contributed by atoms with E-state index in [1.54, 1.807) is 12.1 Å². The van der Waals surface area contributed by atoms with E-state index in [1.165, 1.54) is 6.07 Å². The van der Waals surface area contributed by atoms with E-state index in [9.17, 15) is 28.8 Å². The van der Waals surface area contributed by atoms with Gasteiger partial charge in [0.2, 0.25) is 11.8 Å². The van der Waals surface area contributed by atoms with Gasteiger partial charge in [-0.25, -0.2) is 0 Å². The van der Waals surface area contributed by atoms with Gasteiger partial charge in [0.05, 0.1) is 24.2 Å². The Hall–Kier alpha value is -3.60. The highest BCUT2D eigenvalue weighted by Gasteiger charge is 2.45. The summed E-state index contributed by atoms with van der Waals surface area (Å²) in [7, 11) is 0. The van der Waals surface area contributed by atoms with E-state index in [0.717, 1.165) is 4.90 Å². The fraction of sp³-hybridized carbons (Fsp3) is 0.455. The number of anilines is 1. The molecule has 3 N–H and O–H groups in total. The lowest BCUT2D eigenvalue weighted by Crippen LogP contribution is -2.54. The Bertz CT molecular complexity index is 990. The number of ether oxygens (including phenoxy) is 1. The summed E-state index contributed by atoms with van der Waals surface area (Å²) in [5, 5.41) is 13.8. The minimum Gasteiger partial charge on any atom is -0.481 e. The molecule has 2 aliphatic heterocycles. The van der Waals surface area contributed by atoms with Crippen molar-refractivity contribution < 1.29 is 38.6 Å². The summed E-state index contributed by atoms with van der Waals surface area (Å²) >= 11 is 0. The van der Waals surface area contributed by atoms with Crippen LogP contribution < -0.4 is 10.6 Å². The Morgan fingerprint density at radius 1 is 1.09 bits per heavy atom. The van der Waals surface area contributed by atoms with Gasteiger partial charge < -0.3 is 15.2 Å². The van der Waals surface area contributed by atoms with E-state index < -0.39 is 35.6 Å². The van der Waals surface area contributed by atoms with Gasteiger partial charge in [0.25, 0.3) is 11.8 Å². The van der Waals surface area contributed by atoms with Crippen LogP contribution in [0, 0.1) is 0 Å². The van der Waals surface area contributed by atoms with Crippen molar-refractivity contribution in [1.82, 2.24) is 10.2 Å². The summed E-state index contributed by atoms with van der Waals surface area (Å²) in [4.78, 5) is 72.2. The number of ketones is 1. The number of aliphatic carboxylic acids is 1. The summed E-state index contributed by atoms with van der Waals surface area (Å²) < 4.78 is 5.46. The Balaban J connectivity index is 1.49. The highest BCUT2D eigenvalue weighted by atomic mass is 16.5. The number of benzene rings is 1. The zero-order valence-corrected chi connectivity index (χ0v) is 17.9. The number of carbonyl (C=O) groups excluding carboxylic acids is 5. The second-order valence-electron chi connectivity index (χ2n) is 7.75. The van der Waals surface area contributed by atoms with E-state index in [2.05, 4.69) is 10.6 Å². The van der Waals surface area contributed by atoms with Crippen molar-refractivity contribution in [3.05, 3.63) is 29.3 Å². The summed E-state index contributed by atoms with van der Waals surface area (Å²) in [5.74, 6) is -3.38. The summed E-state index contributed by atoms with van der Waals surface area (Å²) in [6.45, 7) is 0.948. The average Bonchev–Trinajstić information content (AvgIpc) is 3.02. The van der Waals surface area contributed by atoms with Gasteiger partial charge in [-0.2, -0.15) is 0 Å². The Morgan fingerprint density at radius 2 is 1.88 bits per heavy atom. The molecule has 1 fully saturated rings. The summed E-state index contributed by atoms with van der Waals surface area (Å²) in [5.41, 5.74) is 0.805. The number of Topliss-reactive ketones (excluding diaryl/α,β-unsaturated/α-hetero) is 1. The molecule has 33 heavy (non-hydrogen) atoms. The molecule has 11 nitrogen and oxygen atoms in total.